The molecule has 3 aromatic carbocycles. The van der Waals surface area contributed by atoms with E-state index in [2.05, 4.69) is 36.9 Å². The summed E-state index contributed by atoms with van der Waals surface area (Å²) in [7, 11) is 1.66. The maximum atomic E-state index is 13.6. The minimum Gasteiger partial charge on any atom is -0.497 e. The Morgan fingerprint density at radius 3 is 2.38 bits per heavy atom. The molecule has 0 aromatic heterocycles. The summed E-state index contributed by atoms with van der Waals surface area (Å²) in [5.41, 5.74) is 5.64. The minimum absolute atomic E-state index is 0.0477. The second-order valence-electron chi connectivity index (χ2n) is 8.67. The van der Waals surface area contributed by atoms with Crippen molar-refractivity contribution >= 4 is 11.6 Å². The van der Waals surface area contributed by atoms with Crippen LogP contribution in [0.4, 0.5) is 5.69 Å². The molecule has 0 atom stereocenters. The Hall–Kier alpha value is -3.11. The third kappa shape index (κ3) is 5.03. The first-order valence-corrected chi connectivity index (χ1v) is 11.4. The van der Waals surface area contributed by atoms with Gasteiger partial charge in [0.25, 0.3) is 5.91 Å². The largest absolute Gasteiger partial charge is 0.497 e. The fourth-order valence-electron chi connectivity index (χ4n) is 4.47. The third-order valence-corrected chi connectivity index (χ3v) is 6.47. The number of hydrogen-bond acceptors (Lipinski definition) is 3. The van der Waals surface area contributed by atoms with Crippen LogP contribution in [0.15, 0.2) is 72.8 Å². The van der Waals surface area contributed by atoms with Crippen LogP contribution in [0.5, 0.6) is 5.75 Å². The molecule has 0 bridgehead atoms. The van der Waals surface area contributed by atoms with Gasteiger partial charge in [0, 0.05) is 43.0 Å². The Labute approximate surface area is 191 Å². The number of hydrogen-bond donors (Lipinski definition) is 0. The summed E-state index contributed by atoms with van der Waals surface area (Å²) >= 11 is 0. The number of likely N-dealkylation sites (tertiary alicyclic amines) is 1. The number of rotatable bonds is 6. The highest BCUT2D eigenvalue weighted by atomic mass is 16.5. The van der Waals surface area contributed by atoms with Crippen molar-refractivity contribution in [2.24, 2.45) is 0 Å². The quantitative estimate of drug-likeness (QED) is 0.511. The van der Waals surface area contributed by atoms with Gasteiger partial charge in [-0.25, -0.2) is 0 Å². The molecule has 1 saturated heterocycles. The van der Waals surface area contributed by atoms with Crippen molar-refractivity contribution in [1.82, 2.24) is 4.90 Å². The molecular formula is C28H32N2O2. The van der Waals surface area contributed by atoms with Crippen LogP contribution < -0.4 is 9.64 Å². The van der Waals surface area contributed by atoms with E-state index >= 15 is 0 Å². The summed E-state index contributed by atoms with van der Waals surface area (Å²) in [6.07, 6.45) is 1.89. The Morgan fingerprint density at radius 2 is 1.69 bits per heavy atom. The number of carbonyl (C=O) groups is 1. The van der Waals surface area contributed by atoms with Crippen molar-refractivity contribution in [3.63, 3.8) is 0 Å². The van der Waals surface area contributed by atoms with Crippen molar-refractivity contribution in [2.45, 2.75) is 39.3 Å². The van der Waals surface area contributed by atoms with Crippen molar-refractivity contribution in [3.05, 3.63) is 95.1 Å². The van der Waals surface area contributed by atoms with Crippen LogP contribution >= 0.6 is 0 Å². The van der Waals surface area contributed by atoms with Crippen molar-refractivity contribution in [3.8, 4) is 5.75 Å². The number of benzene rings is 3. The molecule has 3 aromatic rings. The first-order chi connectivity index (χ1) is 15.5. The predicted octanol–water partition coefficient (Wildman–Crippen LogP) is 5.62. The normalized spacial score (nSPS) is 14.8. The van der Waals surface area contributed by atoms with E-state index in [1.165, 1.54) is 16.7 Å². The molecule has 1 heterocycles. The number of amides is 1. The maximum absolute atomic E-state index is 13.6. The molecule has 0 unspecified atom stereocenters. The lowest BCUT2D eigenvalue weighted by Gasteiger charge is -2.39. The molecule has 1 aliphatic rings. The lowest BCUT2D eigenvalue weighted by molar-refractivity contribution is 0.0958. The molecule has 4 rings (SSSR count). The highest BCUT2D eigenvalue weighted by Gasteiger charge is 2.30. The second-order valence-corrected chi connectivity index (χ2v) is 8.67. The van der Waals surface area contributed by atoms with Gasteiger partial charge >= 0.3 is 0 Å². The summed E-state index contributed by atoms with van der Waals surface area (Å²) in [4.78, 5) is 18.0. The Bertz CT molecular complexity index is 1060. The molecule has 1 fully saturated rings. The van der Waals surface area contributed by atoms with E-state index < -0.39 is 0 Å². The maximum Gasteiger partial charge on any atom is 0.258 e. The number of carbonyl (C=O) groups excluding carboxylic acids is 1. The number of piperidine rings is 1. The smallest absolute Gasteiger partial charge is 0.258 e. The first-order valence-electron chi connectivity index (χ1n) is 11.4. The highest BCUT2D eigenvalue weighted by molar-refractivity contribution is 6.06. The lowest BCUT2D eigenvalue weighted by Crippen LogP contribution is -2.47. The van der Waals surface area contributed by atoms with Crippen LogP contribution in [-0.2, 0) is 6.54 Å². The van der Waals surface area contributed by atoms with Gasteiger partial charge in [0.15, 0.2) is 0 Å². The van der Waals surface area contributed by atoms with Crippen molar-refractivity contribution in [1.29, 1.82) is 0 Å². The molecule has 0 radical (unpaired) electrons. The van der Waals surface area contributed by atoms with Gasteiger partial charge in [0.1, 0.15) is 5.75 Å². The summed E-state index contributed by atoms with van der Waals surface area (Å²) in [5.74, 6) is 0.812. The fourth-order valence-corrected chi connectivity index (χ4v) is 4.47. The number of methoxy groups -OCH3 is 1. The molecule has 1 amide bonds. The Balaban J connectivity index is 1.52. The molecule has 0 N–H and O–H groups in total. The molecule has 166 valence electrons. The van der Waals surface area contributed by atoms with Gasteiger partial charge in [-0.15, -0.1) is 0 Å². The number of anilines is 1. The summed E-state index contributed by atoms with van der Waals surface area (Å²) in [5, 5.41) is 0. The molecule has 0 saturated carbocycles. The summed E-state index contributed by atoms with van der Waals surface area (Å²) < 4.78 is 5.43. The monoisotopic (exact) mass is 428 g/mol. The van der Waals surface area contributed by atoms with E-state index in [1.807, 2.05) is 59.5 Å². The van der Waals surface area contributed by atoms with E-state index in [0.717, 1.165) is 43.9 Å². The number of aryl methyl sites for hydroxylation is 2. The van der Waals surface area contributed by atoms with E-state index in [4.69, 9.17) is 4.74 Å². The SMILES string of the molecule is COc1cccc(N(C(=O)c2ccccc2)C2CCN(Cc3ccc(C)c(C)c3)CC2)c1. The van der Waals surface area contributed by atoms with E-state index in [-0.39, 0.29) is 11.9 Å². The predicted molar refractivity (Wildman–Crippen MR) is 130 cm³/mol. The van der Waals surface area contributed by atoms with Crippen molar-refractivity contribution in [2.75, 3.05) is 25.1 Å². The third-order valence-electron chi connectivity index (χ3n) is 6.47. The molecule has 1 aliphatic heterocycles. The zero-order chi connectivity index (χ0) is 22.5. The minimum atomic E-state index is 0.0477. The van der Waals surface area contributed by atoms with E-state index in [9.17, 15) is 4.79 Å². The van der Waals surface area contributed by atoms with Gasteiger partial charge in [-0.2, -0.15) is 0 Å². The van der Waals surface area contributed by atoms with Gasteiger partial charge in [0.05, 0.1) is 7.11 Å². The van der Waals surface area contributed by atoms with Gasteiger partial charge in [-0.1, -0.05) is 42.5 Å². The summed E-state index contributed by atoms with van der Waals surface area (Å²) in [6, 6.07) is 24.3. The van der Waals surface area contributed by atoms with Crippen LogP contribution in [0.25, 0.3) is 0 Å². The average molecular weight is 429 g/mol. The molecule has 0 spiro atoms. The topological polar surface area (TPSA) is 32.8 Å². The molecule has 32 heavy (non-hydrogen) atoms. The van der Waals surface area contributed by atoms with Crippen LogP contribution in [0.1, 0.15) is 39.9 Å². The Kier molecular flexibility index (Phi) is 6.91. The molecule has 4 heteroatoms. The molecule has 0 aliphatic carbocycles. The first kappa shape index (κ1) is 22.1. The Morgan fingerprint density at radius 1 is 0.938 bits per heavy atom. The van der Waals surface area contributed by atoms with Crippen LogP contribution in [-0.4, -0.2) is 37.0 Å². The van der Waals surface area contributed by atoms with Crippen LogP contribution in [0.3, 0.4) is 0 Å². The summed E-state index contributed by atoms with van der Waals surface area (Å²) in [6.45, 7) is 7.23. The van der Waals surface area contributed by atoms with Crippen LogP contribution in [0, 0.1) is 13.8 Å². The van der Waals surface area contributed by atoms with Gasteiger partial charge in [0.2, 0.25) is 0 Å². The zero-order valence-corrected chi connectivity index (χ0v) is 19.3. The standard InChI is InChI=1S/C28H32N2O2/c1-21-12-13-23(18-22(21)2)20-29-16-14-25(15-17-29)30(26-10-7-11-27(19-26)32-3)28(31)24-8-5-4-6-9-24/h4-13,18-19,25H,14-17,20H2,1-3H3. The average Bonchev–Trinajstić information content (AvgIpc) is 2.83. The number of ether oxygens (including phenoxy) is 1. The lowest BCUT2D eigenvalue weighted by atomic mass is 9.99. The van der Waals surface area contributed by atoms with Gasteiger partial charge in [-0.05, 0) is 67.6 Å². The zero-order valence-electron chi connectivity index (χ0n) is 19.3. The molecule has 4 nitrogen and oxygen atoms in total. The number of nitrogens with zero attached hydrogens (tertiary/aromatic N) is 2. The highest BCUT2D eigenvalue weighted by Crippen LogP contribution is 2.29. The van der Waals surface area contributed by atoms with Gasteiger partial charge in [-0.3, -0.25) is 9.69 Å². The van der Waals surface area contributed by atoms with Crippen molar-refractivity contribution < 1.29 is 9.53 Å². The van der Waals surface area contributed by atoms with Gasteiger partial charge < -0.3 is 9.64 Å². The van der Waals surface area contributed by atoms with E-state index in [1.54, 1.807) is 7.11 Å². The van der Waals surface area contributed by atoms with E-state index in [0.29, 0.717) is 5.56 Å². The van der Waals surface area contributed by atoms with Crippen LogP contribution in [0.2, 0.25) is 0 Å². The molecular weight excluding hydrogens is 396 g/mol. The fraction of sp³-hybridized carbons (Fsp3) is 0.321. The second kappa shape index (κ2) is 10.0.